The highest BCUT2D eigenvalue weighted by molar-refractivity contribution is 5.71. The summed E-state index contributed by atoms with van der Waals surface area (Å²) in [7, 11) is 0. The highest BCUT2D eigenvalue weighted by Gasteiger charge is 2.12. The molecule has 1 aromatic carbocycles. The van der Waals surface area contributed by atoms with Gasteiger partial charge in [-0.3, -0.25) is 4.79 Å². The van der Waals surface area contributed by atoms with Gasteiger partial charge in [0.15, 0.2) is 0 Å². The maximum Gasteiger partial charge on any atom is 0.308 e. The average Bonchev–Trinajstić information content (AvgIpc) is 2.38. The summed E-state index contributed by atoms with van der Waals surface area (Å²) >= 11 is 0. The molecule has 0 aliphatic carbocycles. The number of benzene rings is 1. The third-order valence-electron chi connectivity index (χ3n) is 2.87. The molecule has 0 aromatic heterocycles. The Morgan fingerprint density at radius 2 is 2.16 bits per heavy atom. The highest BCUT2D eigenvalue weighted by Crippen LogP contribution is 2.05. The number of nitrogens with one attached hydrogen (secondary N) is 1. The Bertz CT molecular complexity index is 407. The molecule has 1 aromatic rings. The van der Waals surface area contributed by atoms with Crippen molar-refractivity contribution in [1.29, 1.82) is 0 Å². The predicted molar refractivity (Wildman–Crippen MR) is 73.1 cm³/mol. The zero-order valence-corrected chi connectivity index (χ0v) is 11.8. The average molecular weight is 267 g/mol. The van der Waals surface area contributed by atoms with Crippen LogP contribution in [0.25, 0.3) is 0 Å². The summed E-state index contributed by atoms with van der Waals surface area (Å²) in [6.45, 7) is 6.55. The summed E-state index contributed by atoms with van der Waals surface area (Å²) in [5.74, 6) is -0.537. The summed E-state index contributed by atoms with van der Waals surface area (Å²) in [4.78, 5) is 11.4. The van der Waals surface area contributed by atoms with Crippen LogP contribution in [0.1, 0.15) is 32.8 Å². The van der Waals surface area contributed by atoms with Crippen molar-refractivity contribution in [1.82, 2.24) is 5.32 Å². The molecule has 0 heterocycles. The standard InChI is InChI=1S/C15H22FNO2/c1-4-14(10-19-15(18)11(2)3)17-9-12-6-5-7-13(16)8-12/h5-8,11,14,17H,4,9-10H2,1-3H3. The van der Waals surface area contributed by atoms with E-state index in [1.54, 1.807) is 6.07 Å². The first kappa shape index (κ1) is 15.6. The van der Waals surface area contributed by atoms with E-state index in [0.29, 0.717) is 13.2 Å². The minimum atomic E-state index is -0.237. The van der Waals surface area contributed by atoms with Crippen LogP contribution in [0.3, 0.4) is 0 Å². The van der Waals surface area contributed by atoms with Crippen molar-refractivity contribution >= 4 is 5.97 Å². The van der Waals surface area contributed by atoms with E-state index in [4.69, 9.17) is 4.74 Å². The van der Waals surface area contributed by atoms with Gasteiger partial charge in [-0.1, -0.05) is 32.9 Å². The smallest absolute Gasteiger partial charge is 0.308 e. The quantitative estimate of drug-likeness (QED) is 0.772. The van der Waals surface area contributed by atoms with E-state index in [9.17, 15) is 9.18 Å². The molecule has 0 amide bonds. The van der Waals surface area contributed by atoms with E-state index >= 15 is 0 Å². The Balaban J connectivity index is 2.38. The minimum absolute atomic E-state index is 0.0889. The summed E-state index contributed by atoms with van der Waals surface area (Å²) < 4.78 is 18.2. The maximum atomic E-state index is 13.0. The molecular formula is C15H22FNO2. The van der Waals surface area contributed by atoms with Gasteiger partial charge >= 0.3 is 5.97 Å². The van der Waals surface area contributed by atoms with Crippen molar-refractivity contribution in [3.63, 3.8) is 0 Å². The molecule has 0 radical (unpaired) electrons. The molecule has 0 saturated heterocycles. The van der Waals surface area contributed by atoms with Crippen molar-refractivity contribution in [2.24, 2.45) is 5.92 Å². The van der Waals surface area contributed by atoms with Crippen LogP contribution in [0.15, 0.2) is 24.3 Å². The fourth-order valence-electron chi connectivity index (χ4n) is 1.58. The van der Waals surface area contributed by atoms with Gasteiger partial charge in [0.2, 0.25) is 0 Å². The second-order valence-electron chi connectivity index (χ2n) is 4.90. The molecular weight excluding hydrogens is 245 g/mol. The van der Waals surface area contributed by atoms with Gasteiger partial charge in [-0.25, -0.2) is 4.39 Å². The molecule has 0 fully saturated rings. The van der Waals surface area contributed by atoms with Gasteiger partial charge in [0.25, 0.3) is 0 Å². The van der Waals surface area contributed by atoms with Crippen LogP contribution >= 0.6 is 0 Å². The molecule has 0 bridgehead atoms. The molecule has 1 atom stereocenters. The summed E-state index contributed by atoms with van der Waals surface area (Å²) in [6.07, 6.45) is 0.848. The van der Waals surface area contributed by atoms with Crippen molar-refractivity contribution < 1.29 is 13.9 Å². The van der Waals surface area contributed by atoms with E-state index in [1.165, 1.54) is 12.1 Å². The number of hydrogen-bond donors (Lipinski definition) is 1. The van der Waals surface area contributed by atoms with Gasteiger partial charge in [-0.15, -0.1) is 0 Å². The second-order valence-corrected chi connectivity index (χ2v) is 4.90. The van der Waals surface area contributed by atoms with Crippen molar-refractivity contribution in [3.8, 4) is 0 Å². The molecule has 1 rings (SSSR count). The van der Waals surface area contributed by atoms with Crippen molar-refractivity contribution in [3.05, 3.63) is 35.6 Å². The normalized spacial score (nSPS) is 12.5. The second kappa shape index (κ2) is 7.89. The molecule has 4 heteroatoms. The van der Waals surface area contributed by atoms with Gasteiger partial charge in [0.1, 0.15) is 12.4 Å². The zero-order chi connectivity index (χ0) is 14.3. The van der Waals surface area contributed by atoms with Crippen LogP contribution in [0.5, 0.6) is 0 Å². The van der Waals surface area contributed by atoms with E-state index in [-0.39, 0.29) is 23.7 Å². The number of esters is 1. The highest BCUT2D eigenvalue weighted by atomic mass is 19.1. The maximum absolute atomic E-state index is 13.0. The largest absolute Gasteiger partial charge is 0.464 e. The first-order valence-corrected chi connectivity index (χ1v) is 6.67. The van der Waals surface area contributed by atoms with Crippen molar-refractivity contribution in [2.75, 3.05) is 6.61 Å². The third kappa shape index (κ3) is 5.83. The number of carbonyl (C=O) groups excluding carboxylic acids is 1. The number of halogens is 1. The molecule has 3 nitrogen and oxygen atoms in total. The Kier molecular flexibility index (Phi) is 6.50. The number of hydrogen-bond acceptors (Lipinski definition) is 3. The topological polar surface area (TPSA) is 38.3 Å². The van der Waals surface area contributed by atoms with Crippen LogP contribution in [-0.2, 0) is 16.1 Å². The summed E-state index contributed by atoms with van der Waals surface area (Å²) in [6, 6.07) is 6.56. The first-order valence-electron chi connectivity index (χ1n) is 6.67. The van der Waals surface area contributed by atoms with Crippen molar-refractivity contribution in [2.45, 2.75) is 39.8 Å². The third-order valence-corrected chi connectivity index (χ3v) is 2.87. The van der Waals surface area contributed by atoms with Crippen LogP contribution < -0.4 is 5.32 Å². The fraction of sp³-hybridized carbons (Fsp3) is 0.533. The molecule has 0 saturated carbocycles. The lowest BCUT2D eigenvalue weighted by molar-refractivity contribution is -0.148. The van der Waals surface area contributed by atoms with Crippen LogP contribution in [0, 0.1) is 11.7 Å². The number of rotatable bonds is 7. The lowest BCUT2D eigenvalue weighted by atomic mass is 10.2. The lowest BCUT2D eigenvalue weighted by Crippen LogP contribution is -2.34. The van der Waals surface area contributed by atoms with Crippen LogP contribution in [0.2, 0.25) is 0 Å². The van der Waals surface area contributed by atoms with E-state index in [0.717, 1.165) is 12.0 Å². The fourth-order valence-corrected chi connectivity index (χ4v) is 1.58. The van der Waals surface area contributed by atoms with Crippen LogP contribution in [-0.4, -0.2) is 18.6 Å². The van der Waals surface area contributed by atoms with Gasteiger partial charge in [-0.2, -0.15) is 0 Å². The van der Waals surface area contributed by atoms with Gasteiger partial charge < -0.3 is 10.1 Å². The molecule has 1 unspecified atom stereocenters. The Labute approximate surface area is 114 Å². The molecule has 0 aliphatic rings. The Hall–Kier alpha value is -1.42. The molecule has 0 spiro atoms. The first-order chi connectivity index (χ1) is 9.02. The van der Waals surface area contributed by atoms with E-state index in [2.05, 4.69) is 5.32 Å². The van der Waals surface area contributed by atoms with E-state index in [1.807, 2.05) is 26.8 Å². The van der Waals surface area contributed by atoms with Gasteiger partial charge in [0, 0.05) is 12.6 Å². The summed E-state index contributed by atoms with van der Waals surface area (Å²) in [5.41, 5.74) is 0.883. The molecule has 106 valence electrons. The molecule has 19 heavy (non-hydrogen) atoms. The zero-order valence-electron chi connectivity index (χ0n) is 11.8. The number of carbonyl (C=O) groups is 1. The Morgan fingerprint density at radius 3 is 2.74 bits per heavy atom. The lowest BCUT2D eigenvalue weighted by Gasteiger charge is -2.18. The Morgan fingerprint density at radius 1 is 1.42 bits per heavy atom. The predicted octanol–water partition coefficient (Wildman–Crippen LogP) is 2.89. The van der Waals surface area contributed by atoms with Gasteiger partial charge in [-0.05, 0) is 24.1 Å². The molecule has 1 N–H and O–H groups in total. The monoisotopic (exact) mass is 267 g/mol. The van der Waals surface area contributed by atoms with E-state index < -0.39 is 0 Å². The van der Waals surface area contributed by atoms with Gasteiger partial charge in [0.05, 0.1) is 5.92 Å². The van der Waals surface area contributed by atoms with Crippen LogP contribution in [0.4, 0.5) is 4.39 Å². The number of ether oxygens (including phenoxy) is 1. The SMILES string of the molecule is CCC(COC(=O)C(C)C)NCc1cccc(F)c1. The molecule has 0 aliphatic heterocycles. The minimum Gasteiger partial charge on any atom is -0.464 e. The summed E-state index contributed by atoms with van der Waals surface area (Å²) in [5, 5.41) is 3.26.